The molecule has 3 rings (SSSR count). The predicted molar refractivity (Wildman–Crippen MR) is 90.0 cm³/mol. The van der Waals surface area contributed by atoms with Gasteiger partial charge in [-0.1, -0.05) is 36.4 Å². The number of hydrogen-bond acceptors (Lipinski definition) is 4. The summed E-state index contributed by atoms with van der Waals surface area (Å²) in [6.45, 7) is 0. The summed E-state index contributed by atoms with van der Waals surface area (Å²) in [5.74, 6) is 0. The first-order valence-corrected chi connectivity index (χ1v) is 7.03. The summed E-state index contributed by atoms with van der Waals surface area (Å²) in [7, 11) is 0. The van der Waals surface area contributed by atoms with Crippen LogP contribution in [0.1, 0.15) is 5.69 Å². The molecule has 0 unspecified atom stereocenters. The first kappa shape index (κ1) is 14.6. The Kier molecular flexibility index (Phi) is 4.20. The summed E-state index contributed by atoms with van der Waals surface area (Å²) in [6.07, 6.45) is 3.34. The molecule has 3 aromatic rings. The van der Waals surface area contributed by atoms with Crippen LogP contribution >= 0.6 is 0 Å². The molecular formula is C18H13N3O2. The predicted octanol–water partition coefficient (Wildman–Crippen LogP) is 4.41. The molecule has 0 saturated heterocycles. The molecule has 0 aliphatic carbocycles. The maximum absolute atomic E-state index is 11.0. The third-order valence-electron chi connectivity index (χ3n) is 3.30. The Balaban J connectivity index is 2.06. The molecule has 112 valence electrons. The lowest BCUT2D eigenvalue weighted by molar-refractivity contribution is -0.384. The van der Waals surface area contributed by atoms with Gasteiger partial charge in [-0.2, -0.15) is 0 Å². The Morgan fingerprint density at radius 3 is 2.48 bits per heavy atom. The van der Waals surface area contributed by atoms with E-state index in [4.69, 9.17) is 0 Å². The number of aliphatic imine (C=N–C) groups is 1. The van der Waals surface area contributed by atoms with Crippen molar-refractivity contribution in [2.24, 2.45) is 4.99 Å². The van der Waals surface area contributed by atoms with Gasteiger partial charge in [0, 0.05) is 23.9 Å². The summed E-state index contributed by atoms with van der Waals surface area (Å²) in [4.78, 5) is 19.3. The first-order valence-electron chi connectivity index (χ1n) is 7.03. The van der Waals surface area contributed by atoms with Gasteiger partial charge in [-0.3, -0.25) is 20.1 Å². The average molecular weight is 303 g/mol. The quantitative estimate of drug-likeness (QED) is 0.407. The second-order valence-corrected chi connectivity index (χ2v) is 4.84. The highest BCUT2D eigenvalue weighted by Gasteiger charge is 2.11. The molecule has 0 aliphatic heterocycles. The van der Waals surface area contributed by atoms with Crippen LogP contribution in [0.3, 0.4) is 0 Å². The smallest absolute Gasteiger partial charge is 0.258 e. The molecule has 0 saturated carbocycles. The van der Waals surface area contributed by atoms with E-state index in [0.29, 0.717) is 11.3 Å². The largest absolute Gasteiger partial charge is 0.270 e. The Hall–Kier alpha value is -3.34. The van der Waals surface area contributed by atoms with Crippen molar-refractivity contribution in [3.8, 4) is 11.1 Å². The van der Waals surface area contributed by atoms with E-state index in [1.807, 2.05) is 48.5 Å². The van der Waals surface area contributed by atoms with Crippen molar-refractivity contribution in [2.45, 2.75) is 0 Å². The minimum Gasteiger partial charge on any atom is -0.258 e. The maximum atomic E-state index is 11.0. The highest BCUT2D eigenvalue weighted by Crippen LogP contribution is 2.33. The Bertz CT molecular complexity index is 847. The van der Waals surface area contributed by atoms with Crippen molar-refractivity contribution in [3.05, 3.63) is 88.7 Å². The summed E-state index contributed by atoms with van der Waals surface area (Å²) < 4.78 is 0. The molecule has 5 nitrogen and oxygen atoms in total. The minimum absolute atomic E-state index is 0.0423. The zero-order valence-corrected chi connectivity index (χ0v) is 12.2. The fraction of sp³-hybridized carbons (Fsp3) is 0. The van der Waals surface area contributed by atoms with Crippen molar-refractivity contribution in [2.75, 3.05) is 0 Å². The van der Waals surface area contributed by atoms with Gasteiger partial charge in [0.05, 0.1) is 22.5 Å². The lowest BCUT2D eigenvalue weighted by Gasteiger charge is -2.06. The van der Waals surface area contributed by atoms with Crippen molar-refractivity contribution < 1.29 is 4.92 Å². The van der Waals surface area contributed by atoms with E-state index >= 15 is 0 Å². The molecule has 1 aromatic heterocycles. The molecule has 0 bridgehead atoms. The Morgan fingerprint density at radius 2 is 1.78 bits per heavy atom. The number of non-ortho nitro benzene ring substituents is 1. The van der Waals surface area contributed by atoms with E-state index in [1.54, 1.807) is 24.5 Å². The highest BCUT2D eigenvalue weighted by atomic mass is 16.6. The number of rotatable bonds is 4. The van der Waals surface area contributed by atoms with E-state index < -0.39 is 4.92 Å². The second-order valence-electron chi connectivity index (χ2n) is 4.84. The molecule has 2 aromatic carbocycles. The van der Waals surface area contributed by atoms with Crippen LogP contribution in [0.5, 0.6) is 0 Å². The van der Waals surface area contributed by atoms with Crippen LogP contribution in [0.2, 0.25) is 0 Å². The summed E-state index contributed by atoms with van der Waals surface area (Å²) in [5, 5.41) is 11.0. The van der Waals surface area contributed by atoms with Gasteiger partial charge < -0.3 is 0 Å². The Labute approximate surface area is 133 Å². The van der Waals surface area contributed by atoms with Crippen LogP contribution in [0.4, 0.5) is 11.4 Å². The number of nitro benzene ring substituents is 1. The number of nitro groups is 1. The fourth-order valence-electron chi connectivity index (χ4n) is 2.19. The molecule has 0 aliphatic rings. The summed E-state index contributed by atoms with van der Waals surface area (Å²) in [6, 6.07) is 19.7. The van der Waals surface area contributed by atoms with E-state index in [-0.39, 0.29) is 5.69 Å². The van der Waals surface area contributed by atoms with Gasteiger partial charge in [-0.05, 0) is 23.8 Å². The van der Waals surface area contributed by atoms with Gasteiger partial charge >= 0.3 is 0 Å². The maximum Gasteiger partial charge on any atom is 0.270 e. The first-order chi connectivity index (χ1) is 11.2. The van der Waals surface area contributed by atoms with E-state index in [1.165, 1.54) is 6.07 Å². The number of hydrogen-bond donors (Lipinski definition) is 0. The summed E-state index contributed by atoms with van der Waals surface area (Å²) >= 11 is 0. The lowest BCUT2D eigenvalue weighted by Crippen LogP contribution is -1.90. The minimum atomic E-state index is -0.404. The van der Waals surface area contributed by atoms with E-state index in [0.717, 1.165) is 11.3 Å². The topological polar surface area (TPSA) is 68.4 Å². The lowest BCUT2D eigenvalue weighted by atomic mass is 10.0. The molecule has 1 heterocycles. The second kappa shape index (κ2) is 6.62. The van der Waals surface area contributed by atoms with Crippen molar-refractivity contribution in [1.82, 2.24) is 4.98 Å². The SMILES string of the molecule is O=[N+]([O-])c1ccc(N=Cc2ccccn2)c(-c2ccccc2)c1. The van der Waals surface area contributed by atoms with Gasteiger partial charge in [0.2, 0.25) is 0 Å². The van der Waals surface area contributed by atoms with Crippen LogP contribution in [-0.4, -0.2) is 16.1 Å². The molecule has 0 atom stereocenters. The van der Waals surface area contributed by atoms with Crippen LogP contribution in [0.15, 0.2) is 77.9 Å². The molecule has 0 radical (unpaired) electrons. The molecule has 5 heteroatoms. The molecule has 0 fully saturated rings. The molecule has 23 heavy (non-hydrogen) atoms. The van der Waals surface area contributed by atoms with Gasteiger partial charge in [0.15, 0.2) is 0 Å². The molecule has 0 spiro atoms. The molecule has 0 N–H and O–H groups in total. The van der Waals surface area contributed by atoms with Crippen LogP contribution < -0.4 is 0 Å². The Morgan fingerprint density at radius 1 is 1.00 bits per heavy atom. The highest BCUT2D eigenvalue weighted by molar-refractivity contribution is 5.85. The number of aromatic nitrogens is 1. The van der Waals surface area contributed by atoms with E-state index in [9.17, 15) is 10.1 Å². The van der Waals surface area contributed by atoms with Crippen molar-refractivity contribution in [1.29, 1.82) is 0 Å². The molecule has 0 amide bonds. The van der Waals surface area contributed by atoms with Gasteiger partial charge in [0.25, 0.3) is 5.69 Å². The third-order valence-corrected chi connectivity index (χ3v) is 3.30. The fourth-order valence-corrected chi connectivity index (χ4v) is 2.19. The molecular weight excluding hydrogens is 290 g/mol. The summed E-state index contributed by atoms with van der Waals surface area (Å²) in [5.41, 5.74) is 3.02. The van der Waals surface area contributed by atoms with Crippen molar-refractivity contribution in [3.63, 3.8) is 0 Å². The number of benzene rings is 2. The number of nitrogens with zero attached hydrogens (tertiary/aromatic N) is 3. The van der Waals surface area contributed by atoms with Gasteiger partial charge in [0.1, 0.15) is 0 Å². The average Bonchev–Trinajstić information content (AvgIpc) is 2.61. The zero-order valence-electron chi connectivity index (χ0n) is 12.2. The number of pyridine rings is 1. The van der Waals surface area contributed by atoms with Gasteiger partial charge in [-0.25, -0.2) is 0 Å². The van der Waals surface area contributed by atoms with Crippen molar-refractivity contribution >= 4 is 17.6 Å². The van der Waals surface area contributed by atoms with E-state index in [2.05, 4.69) is 9.98 Å². The monoisotopic (exact) mass is 303 g/mol. The van der Waals surface area contributed by atoms with Crippen LogP contribution in [-0.2, 0) is 0 Å². The van der Waals surface area contributed by atoms with Crippen LogP contribution in [0.25, 0.3) is 11.1 Å². The third kappa shape index (κ3) is 3.47. The zero-order chi connectivity index (χ0) is 16.1. The normalized spacial score (nSPS) is 10.8. The van der Waals surface area contributed by atoms with Gasteiger partial charge in [-0.15, -0.1) is 0 Å². The van der Waals surface area contributed by atoms with Crippen LogP contribution in [0, 0.1) is 10.1 Å². The standard InChI is InChI=1S/C18H13N3O2/c22-21(23)16-9-10-18(20-13-15-8-4-5-11-19-15)17(12-16)14-6-2-1-3-7-14/h1-13H.